The Morgan fingerprint density at radius 3 is 2.40 bits per heavy atom. The molecule has 1 unspecified atom stereocenters. The van der Waals surface area contributed by atoms with E-state index in [2.05, 4.69) is 5.32 Å². The molecule has 1 N–H and O–H groups in total. The third-order valence-electron chi connectivity index (χ3n) is 3.29. The zero-order chi connectivity index (χ0) is 18.6. The molecule has 1 amide bonds. The van der Waals surface area contributed by atoms with Gasteiger partial charge in [-0.05, 0) is 37.3 Å². The average Bonchev–Trinajstić information content (AvgIpc) is 2.56. The van der Waals surface area contributed by atoms with E-state index in [4.69, 9.17) is 21.1 Å². The van der Waals surface area contributed by atoms with Crippen LogP contribution in [0.4, 0.5) is 18.9 Å². The first-order chi connectivity index (χ1) is 11.7. The van der Waals surface area contributed by atoms with Gasteiger partial charge < -0.3 is 14.8 Å². The molecule has 0 fully saturated rings. The number of rotatable bonds is 5. The number of hydrogen-bond acceptors (Lipinski definition) is 3. The minimum absolute atomic E-state index is 0.00848. The van der Waals surface area contributed by atoms with E-state index in [0.717, 1.165) is 18.2 Å². The van der Waals surface area contributed by atoms with E-state index in [1.54, 1.807) is 24.3 Å². The molecule has 8 heteroatoms. The molecular weight excluding hydrogens is 359 g/mol. The zero-order valence-corrected chi connectivity index (χ0v) is 14.1. The maximum atomic E-state index is 12.8. The van der Waals surface area contributed by atoms with Crippen LogP contribution in [0.5, 0.6) is 11.5 Å². The van der Waals surface area contributed by atoms with E-state index in [0.29, 0.717) is 11.5 Å². The van der Waals surface area contributed by atoms with Crippen LogP contribution in [0.2, 0.25) is 5.02 Å². The maximum absolute atomic E-state index is 12.8. The summed E-state index contributed by atoms with van der Waals surface area (Å²) in [5, 5.41) is 2.34. The van der Waals surface area contributed by atoms with Gasteiger partial charge in [-0.1, -0.05) is 23.7 Å². The molecule has 0 aromatic heterocycles. The molecule has 0 aliphatic heterocycles. The van der Waals surface area contributed by atoms with Crippen molar-refractivity contribution in [2.24, 2.45) is 0 Å². The monoisotopic (exact) mass is 373 g/mol. The Bertz CT molecular complexity index is 765. The first kappa shape index (κ1) is 18.9. The third kappa shape index (κ3) is 4.79. The number of benzene rings is 2. The van der Waals surface area contributed by atoms with E-state index in [-0.39, 0.29) is 10.7 Å². The van der Waals surface area contributed by atoms with Gasteiger partial charge in [0.1, 0.15) is 0 Å². The fourth-order valence-corrected chi connectivity index (χ4v) is 2.16. The lowest BCUT2D eigenvalue weighted by atomic mass is 10.2. The molecule has 0 saturated heterocycles. The lowest BCUT2D eigenvalue weighted by Gasteiger charge is -2.17. The van der Waals surface area contributed by atoms with Crippen molar-refractivity contribution in [1.29, 1.82) is 0 Å². The second-order valence-electron chi connectivity index (χ2n) is 5.09. The highest BCUT2D eigenvalue weighted by atomic mass is 35.5. The molecule has 0 aliphatic rings. The maximum Gasteiger partial charge on any atom is 0.416 e. The summed E-state index contributed by atoms with van der Waals surface area (Å²) < 4.78 is 48.9. The fourth-order valence-electron chi connectivity index (χ4n) is 1.99. The van der Waals surface area contributed by atoms with Crippen LogP contribution < -0.4 is 14.8 Å². The van der Waals surface area contributed by atoms with E-state index in [9.17, 15) is 18.0 Å². The Morgan fingerprint density at radius 2 is 1.80 bits per heavy atom. The molecule has 0 spiro atoms. The summed E-state index contributed by atoms with van der Waals surface area (Å²) in [4.78, 5) is 12.2. The number of ether oxygens (including phenoxy) is 2. The lowest BCUT2D eigenvalue weighted by molar-refractivity contribution is -0.137. The van der Waals surface area contributed by atoms with Gasteiger partial charge in [-0.25, -0.2) is 0 Å². The highest BCUT2D eigenvalue weighted by molar-refractivity contribution is 6.33. The second-order valence-corrected chi connectivity index (χ2v) is 5.50. The standard InChI is InChI=1S/C17H15ClF3NO3/c1-10(25-15-6-4-3-5-14(15)24-2)16(23)22-13-9-11(17(19,20)21)7-8-12(13)18/h3-10H,1-2H3,(H,22,23). The smallest absolute Gasteiger partial charge is 0.416 e. The van der Waals surface area contributed by atoms with Crippen LogP contribution in [0.25, 0.3) is 0 Å². The van der Waals surface area contributed by atoms with Crippen LogP contribution in [-0.2, 0) is 11.0 Å². The number of nitrogens with one attached hydrogen (secondary N) is 1. The molecule has 0 bridgehead atoms. The molecule has 25 heavy (non-hydrogen) atoms. The zero-order valence-electron chi connectivity index (χ0n) is 13.4. The van der Waals surface area contributed by atoms with Gasteiger partial charge in [0.15, 0.2) is 17.6 Å². The molecule has 0 heterocycles. The molecular formula is C17H15ClF3NO3. The lowest BCUT2D eigenvalue weighted by Crippen LogP contribution is -2.30. The number of carbonyl (C=O) groups excluding carboxylic acids is 1. The summed E-state index contributed by atoms with van der Waals surface area (Å²) in [6, 6.07) is 9.39. The van der Waals surface area contributed by atoms with Crippen molar-refractivity contribution < 1.29 is 27.4 Å². The van der Waals surface area contributed by atoms with Gasteiger partial charge in [-0.2, -0.15) is 13.2 Å². The molecule has 1 atom stereocenters. The molecule has 2 aromatic carbocycles. The van der Waals surface area contributed by atoms with Crippen molar-refractivity contribution in [3.8, 4) is 11.5 Å². The fraction of sp³-hybridized carbons (Fsp3) is 0.235. The predicted octanol–water partition coefficient (Wildman–Crippen LogP) is 4.77. The van der Waals surface area contributed by atoms with Crippen molar-refractivity contribution in [1.82, 2.24) is 0 Å². The van der Waals surface area contributed by atoms with E-state index in [1.165, 1.54) is 14.0 Å². The minimum Gasteiger partial charge on any atom is -0.493 e. The van der Waals surface area contributed by atoms with E-state index < -0.39 is 23.8 Å². The number of anilines is 1. The van der Waals surface area contributed by atoms with Crippen molar-refractivity contribution in [2.45, 2.75) is 19.2 Å². The Labute approximate surface area is 147 Å². The van der Waals surface area contributed by atoms with Gasteiger partial charge in [-0.15, -0.1) is 0 Å². The van der Waals surface area contributed by atoms with Gasteiger partial charge >= 0.3 is 6.18 Å². The SMILES string of the molecule is COc1ccccc1OC(C)C(=O)Nc1cc(C(F)(F)F)ccc1Cl. The summed E-state index contributed by atoms with van der Waals surface area (Å²) in [5.74, 6) is 0.120. The largest absolute Gasteiger partial charge is 0.493 e. The van der Waals surface area contributed by atoms with Crippen LogP contribution in [0.15, 0.2) is 42.5 Å². The van der Waals surface area contributed by atoms with E-state index in [1.807, 2.05) is 0 Å². The van der Waals surface area contributed by atoms with Crippen LogP contribution in [-0.4, -0.2) is 19.1 Å². The van der Waals surface area contributed by atoms with E-state index >= 15 is 0 Å². The number of amides is 1. The highest BCUT2D eigenvalue weighted by Crippen LogP contribution is 2.34. The van der Waals surface area contributed by atoms with Crippen molar-refractivity contribution in [3.63, 3.8) is 0 Å². The molecule has 0 saturated carbocycles. The summed E-state index contributed by atoms with van der Waals surface area (Å²) in [6.07, 6.45) is -5.52. The molecule has 4 nitrogen and oxygen atoms in total. The quantitative estimate of drug-likeness (QED) is 0.821. The normalized spacial score (nSPS) is 12.4. The van der Waals surface area contributed by atoms with Crippen LogP contribution in [0.1, 0.15) is 12.5 Å². The Balaban J connectivity index is 2.14. The van der Waals surface area contributed by atoms with Gasteiger partial charge in [-0.3, -0.25) is 4.79 Å². The minimum atomic E-state index is -4.54. The number of methoxy groups -OCH3 is 1. The predicted molar refractivity (Wildman–Crippen MR) is 88.2 cm³/mol. The molecule has 0 aliphatic carbocycles. The van der Waals surface area contributed by atoms with Crippen LogP contribution >= 0.6 is 11.6 Å². The number of carbonyl (C=O) groups is 1. The van der Waals surface area contributed by atoms with Gasteiger partial charge in [0, 0.05) is 0 Å². The Kier molecular flexibility index (Phi) is 5.79. The molecule has 2 rings (SSSR count). The van der Waals surface area contributed by atoms with Crippen LogP contribution in [0, 0.1) is 0 Å². The number of halogens is 4. The van der Waals surface area contributed by atoms with Crippen molar-refractivity contribution in [2.75, 3.05) is 12.4 Å². The summed E-state index contributed by atoms with van der Waals surface area (Å²) in [6.45, 7) is 1.46. The van der Waals surface area contributed by atoms with Crippen LogP contribution in [0.3, 0.4) is 0 Å². The molecule has 134 valence electrons. The number of hydrogen-bond donors (Lipinski definition) is 1. The topological polar surface area (TPSA) is 47.6 Å². The van der Waals surface area contributed by atoms with Crippen molar-refractivity contribution in [3.05, 3.63) is 53.1 Å². The Hall–Kier alpha value is -2.41. The molecule has 2 aromatic rings. The first-order valence-corrected chi connectivity index (χ1v) is 7.57. The Morgan fingerprint density at radius 1 is 1.16 bits per heavy atom. The van der Waals surface area contributed by atoms with Gasteiger partial charge in [0.25, 0.3) is 5.91 Å². The summed E-state index contributed by atoms with van der Waals surface area (Å²) in [5.41, 5.74) is -1.05. The second kappa shape index (κ2) is 7.65. The first-order valence-electron chi connectivity index (χ1n) is 7.19. The van der Waals surface area contributed by atoms with Gasteiger partial charge in [0.2, 0.25) is 0 Å². The van der Waals surface area contributed by atoms with Crippen molar-refractivity contribution >= 4 is 23.2 Å². The summed E-state index contributed by atoms with van der Waals surface area (Å²) in [7, 11) is 1.45. The highest BCUT2D eigenvalue weighted by Gasteiger charge is 2.31. The van der Waals surface area contributed by atoms with Gasteiger partial charge in [0.05, 0.1) is 23.4 Å². The third-order valence-corrected chi connectivity index (χ3v) is 3.62. The molecule has 0 radical (unpaired) electrons. The summed E-state index contributed by atoms with van der Waals surface area (Å²) >= 11 is 5.86. The number of para-hydroxylation sites is 2. The average molecular weight is 374 g/mol. The number of alkyl halides is 3.